The number of likely N-dealkylation sites (N-methyl/N-ethyl adjacent to an activating group) is 2. The van der Waals surface area contributed by atoms with E-state index in [0.717, 1.165) is 42.0 Å². The van der Waals surface area contributed by atoms with Crippen molar-refractivity contribution < 1.29 is 154 Å². The Morgan fingerprint density at radius 1 is 0.804 bits per heavy atom. The maximum absolute atomic E-state index is 8.64. The second-order valence-electron chi connectivity index (χ2n) is 14.0. The van der Waals surface area contributed by atoms with E-state index in [0.29, 0.717) is 17.5 Å². The van der Waals surface area contributed by atoms with Crippen molar-refractivity contribution in [3.63, 3.8) is 0 Å². The van der Waals surface area contributed by atoms with Crippen molar-refractivity contribution in [3.8, 4) is 0 Å². The minimum absolute atomic E-state index is 0. The molecule has 12 nitrogen and oxygen atoms in total. The molecule has 0 spiro atoms. The topological polar surface area (TPSA) is 123 Å². The third-order valence-electron chi connectivity index (χ3n) is 10.00. The fraction of sp³-hybridized carbons (Fsp3) is 0.450. The van der Waals surface area contributed by atoms with Crippen LogP contribution < -0.4 is 143 Å². The number of hydrogen-bond acceptors (Lipinski definition) is 9. The normalized spacial score (nSPS) is 19.5. The number of aromatic amines is 1. The Morgan fingerprint density at radius 3 is 1.98 bits per heavy atom. The van der Waals surface area contributed by atoms with Gasteiger partial charge in [0.2, 0.25) is 0 Å². The Kier molecular flexibility index (Phi) is 26.3. The van der Waals surface area contributed by atoms with Crippen LogP contribution in [0, 0.1) is 0 Å². The number of rotatable bonds is 4. The summed E-state index contributed by atoms with van der Waals surface area (Å²) in [7, 11) is 6.54. The van der Waals surface area contributed by atoms with E-state index in [4.69, 9.17) is 21.7 Å². The number of alkyl halides is 1. The van der Waals surface area contributed by atoms with Gasteiger partial charge in [0.25, 0.3) is 6.47 Å². The fourth-order valence-corrected chi connectivity index (χ4v) is 7.63. The van der Waals surface area contributed by atoms with Gasteiger partial charge in [-0.1, -0.05) is 0 Å². The molecule has 0 aliphatic carbocycles. The van der Waals surface area contributed by atoms with Gasteiger partial charge in [-0.2, -0.15) is 0 Å². The van der Waals surface area contributed by atoms with E-state index in [1.807, 2.05) is 48.9 Å². The first-order valence-electron chi connectivity index (χ1n) is 18.5. The first-order chi connectivity index (χ1) is 25.9. The molecular formula is C40H54BClCs2N9O3. The van der Waals surface area contributed by atoms with E-state index in [2.05, 4.69) is 106 Å². The van der Waals surface area contributed by atoms with E-state index in [9.17, 15) is 0 Å². The Hall–Kier alpha value is -0.161. The van der Waals surface area contributed by atoms with Crippen LogP contribution in [0.3, 0.4) is 0 Å². The number of nitrogens with one attached hydrogen (secondary N) is 1. The van der Waals surface area contributed by atoms with Gasteiger partial charge in [-0.3, -0.25) is 4.79 Å². The van der Waals surface area contributed by atoms with Crippen molar-refractivity contribution in [1.29, 1.82) is 0 Å². The molecule has 3 radical (unpaired) electrons. The van der Waals surface area contributed by atoms with Gasteiger partial charge < -0.3 is 40.4 Å². The number of aromatic nitrogens is 6. The van der Waals surface area contributed by atoms with Crippen LogP contribution in [0.4, 0.5) is 0 Å². The van der Waals surface area contributed by atoms with Gasteiger partial charge >= 0.3 is 138 Å². The first kappa shape index (κ1) is 52.0. The average molecular weight is 1020 g/mol. The molecule has 3 unspecified atom stereocenters. The van der Waals surface area contributed by atoms with Crippen molar-refractivity contribution in [2.24, 2.45) is 0 Å². The van der Waals surface area contributed by atoms with Gasteiger partial charge in [-0.15, -0.1) is 11.6 Å². The summed E-state index contributed by atoms with van der Waals surface area (Å²) in [5.41, 5.74) is 3.20. The fourth-order valence-electron chi connectivity index (χ4n) is 7.24. The van der Waals surface area contributed by atoms with Crippen molar-refractivity contribution in [2.75, 3.05) is 53.9 Å². The number of H-pyrrole nitrogens is 1. The van der Waals surface area contributed by atoms with Gasteiger partial charge in [0, 0.05) is 98.8 Å². The summed E-state index contributed by atoms with van der Waals surface area (Å²) in [6, 6.07) is 19.8. The number of carbonyl (C=O) groups is 1. The van der Waals surface area contributed by atoms with Gasteiger partial charge in [-0.05, 0) is 134 Å². The van der Waals surface area contributed by atoms with Crippen LogP contribution in [-0.2, 0) is 16.2 Å². The molecule has 0 saturated carbocycles. The Labute approximate surface area is 457 Å². The number of nitrogens with zero attached hydrogens (tertiary/aromatic N) is 8. The summed E-state index contributed by atoms with van der Waals surface area (Å²) >= 11 is 5.87. The standard InChI is InChI=1S/2C13H17N3.C7H6N2.C6H12ClN.CH2O3.B.2Cs.H/c1-15-8-3-5-12(15)10-16-9-6-11-4-2-7-14-13(11)16;1-15-8-3-5-12(10-15)16-9-6-11-4-2-7-14-13(11)16;1-2-6-3-5-9-7(6)8-4-1;1-8-4-2-3-6(7)5-8;2-1-4-3;;;;/h2*2,4,6-7,9,12H,3,5,8,10H2,1H3;1-5H,(H,8,9);6H,2-5H2,1H3;1,3H;;;;/q;;;;;;2*+1;-1/p-1. The SMILES string of the molecule is CN1CCCC(Cl)C1.CN1CCCC(n2ccc3cccnc32)C1.CN1CCCC1Cn1ccc2cccnc21.O=CO[O-].[B].[Cs+].[Cs+].[H-].c1cnc2[nH]ccc2c1. The van der Waals surface area contributed by atoms with Gasteiger partial charge in [0.15, 0.2) is 0 Å². The zero-order chi connectivity index (χ0) is 37.4. The van der Waals surface area contributed by atoms with Crippen LogP contribution in [0.25, 0.3) is 33.1 Å². The van der Waals surface area contributed by atoms with Crippen LogP contribution in [0.15, 0.2) is 91.8 Å². The zero-order valence-electron chi connectivity index (χ0n) is 34.7. The smallest absolute Gasteiger partial charge is 1.00 e. The molecule has 3 aliphatic rings. The van der Waals surface area contributed by atoms with Crippen LogP contribution in [0.1, 0.15) is 46.0 Å². The van der Waals surface area contributed by atoms with E-state index < -0.39 is 0 Å². The Morgan fingerprint density at radius 2 is 1.39 bits per heavy atom. The molecule has 3 atom stereocenters. The van der Waals surface area contributed by atoms with Crippen molar-refractivity contribution in [2.45, 2.75) is 62.5 Å². The van der Waals surface area contributed by atoms with Crippen molar-refractivity contribution in [1.82, 2.24) is 43.8 Å². The molecule has 3 aliphatic heterocycles. The number of pyridine rings is 3. The van der Waals surface area contributed by atoms with Crippen LogP contribution in [-0.4, -0.2) is 124 Å². The van der Waals surface area contributed by atoms with Gasteiger partial charge in [0.1, 0.15) is 16.9 Å². The summed E-state index contributed by atoms with van der Waals surface area (Å²) in [5.74, 6) is 0. The van der Waals surface area contributed by atoms with Crippen molar-refractivity contribution in [3.05, 3.63) is 91.8 Å². The molecule has 1 N–H and O–H groups in total. The minimum Gasteiger partial charge on any atom is -1.00 e. The maximum atomic E-state index is 8.64. The third kappa shape index (κ3) is 16.4. The number of fused-ring (bicyclic) bond motifs is 3. The molecule has 6 aromatic heterocycles. The number of piperidine rings is 2. The molecule has 3 saturated heterocycles. The largest absolute Gasteiger partial charge is 1.00 e. The predicted molar refractivity (Wildman–Crippen MR) is 217 cm³/mol. The van der Waals surface area contributed by atoms with E-state index in [-0.39, 0.29) is 154 Å². The quantitative estimate of drug-likeness (QED) is 0.0820. The second kappa shape index (κ2) is 28.4. The van der Waals surface area contributed by atoms with Gasteiger partial charge in [-0.25, -0.2) is 15.0 Å². The molecule has 9 rings (SSSR count). The number of likely N-dealkylation sites (tertiary alicyclic amines) is 3. The van der Waals surface area contributed by atoms with Crippen LogP contribution >= 0.6 is 11.6 Å². The summed E-state index contributed by atoms with van der Waals surface area (Å²) in [4.78, 5) is 34.4. The van der Waals surface area contributed by atoms with E-state index in [1.165, 1.54) is 68.9 Å². The first-order valence-corrected chi connectivity index (χ1v) is 18.9. The maximum Gasteiger partial charge on any atom is 1.00 e. The number of hydrogen-bond donors (Lipinski definition) is 1. The number of carbonyl (C=O) groups excluding carboxylic acids is 1. The molecule has 289 valence electrons. The molecule has 3 fully saturated rings. The van der Waals surface area contributed by atoms with Gasteiger partial charge in [0.05, 0.1) is 0 Å². The van der Waals surface area contributed by atoms with E-state index >= 15 is 0 Å². The summed E-state index contributed by atoms with van der Waals surface area (Å²) in [6.07, 6.45) is 19.4. The van der Waals surface area contributed by atoms with E-state index in [1.54, 1.807) is 6.20 Å². The predicted octanol–water partition coefficient (Wildman–Crippen LogP) is -0.510. The average Bonchev–Trinajstić information content (AvgIpc) is 4.00. The minimum atomic E-state index is -0.181. The third-order valence-corrected chi connectivity index (χ3v) is 10.4. The molecule has 0 aromatic carbocycles. The molecule has 6 aromatic rings. The monoisotopic (exact) mass is 1020 g/mol. The summed E-state index contributed by atoms with van der Waals surface area (Å²) in [6.45, 7) is 6.78. The second-order valence-corrected chi connectivity index (χ2v) is 14.6. The zero-order valence-corrected chi connectivity index (χ0v) is 47.0. The molecule has 16 heteroatoms. The summed E-state index contributed by atoms with van der Waals surface area (Å²) in [5, 5.41) is 12.5. The number of halogens is 1. The molecular weight excluding hydrogens is 967 g/mol. The molecule has 56 heavy (non-hydrogen) atoms. The van der Waals surface area contributed by atoms with Crippen LogP contribution in [0.5, 0.6) is 0 Å². The van der Waals surface area contributed by atoms with Crippen LogP contribution in [0.2, 0.25) is 0 Å². The molecule has 0 bridgehead atoms. The molecule has 0 amide bonds. The molecule has 9 heterocycles. The Bertz CT molecular complexity index is 1930. The van der Waals surface area contributed by atoms with Crippen molar-refractivity contribution >= 4 is 59.6 Å². The summed E-state index contributed by atoms with van der Waals surface area (Å²) < 4.78 is 4.62. The Balaban J connectivity index is 0.000000372.